The Morgan fingerprint density at radius 3 is 2.43 bits per heavy atom. The van der Waals surface area contributed by atoms with E-state index >= 15 is 0 Å². The molecule has 0 fully saturated rings. The van der Waals surface area contributed by atoms with Crippen molar-refractivity contribution in [2.45, 2.75) is 0 Å². The summed E-state index contributed by atoms with van der Waals surface area (Å²) in [6.07, 6.45) is 1.48. The number of nitro benzene ring substituents is 1. The Hall–Kier alpha value is -3.22. The van der Waals surface area contributed by atoms with Gasteiger partial charge in [0.1, 0.15) is 5.56 Å². The number of para-hydroxylation sites is 1. The van der Waals surface area contributed by atoms with E-state index in [2.05, 4.69) is 10.5 Å². The number of nitrogens with zero attached hydrogens (tertiary/aromatic N) is 3. The number of carbonyl (C=O) groups excluding carboxylic acids is 1. The molecule has 0 heterocycles. The van der Waals surface area contributed by atoms with Crippen LogP contribution in [0.2, 0.25) is 0 Å². The number of anilines is 1. The number of nitrogens with one attached hydrogen (secondary N) is 1. The molecule has 0 aromatic heterocycles. The first kappa shape index (κ1) is 16.2. The Morgan fingerprint density at radius 2 is 1.83 bits per heavy atom. The highest BCUT2D eigenvalue weighted by atomic mass is 16.6. The van der Waals surface area contributed by atoms with Crippen molar-refractivity contribution in [3.63, 3.8) is 0 Å². The lowest BCUT2D eigenvalue weighted by molar-refractivity contribution is -0.385. The first-order chi connectivity index (χ1) is 11.0. The Labute approximate surface area is 133 Å². The molecule has 23 heavy (non-hydrogen) atoms. The lowest BCUT2D eigenvalue weighted by atomic mass is 10.2. The van der Waals surface area contributed by atoms with E-state index in [-0.39, 0.29) is 11.3 Å². The fourth-order valence-corrected chi connectivity index (χ4v) is 1.91. The molecule has 2 rings (SSSR count). The molecule has 1 amide bonds. The molecule has 0 radical (unpaired) electrons. The van der Waals surface area contributed by atoms with Crippen LogP contribution in [-0.2, 0) is 0 Å². The van der Waals surface area contributed by atoms with Crippen molar-refractivity contribution < 1.29 is 9.72 Å². The van der Waals surface area contributed by atoms with E-state index in [4.69, 9.17) is 0 Å². The van der Waals surface area contributed by atoms with Crippen molar-refractivity contribution in [2.24, 2.45) is 5.10 Å². The highest BCUT2D eigenvalue weighted by Crippen LogP contribution is 2.17. The molecule has 2 aromatic rings. The Balaban J connectivity index is 2.05. The molecule has 0 aliphatic carbocycles. The lowest BCUT2D eigenvalue weighted by Crippen LogP contribution is -2.18. The van der Waals surface area contributed by atoms with Crippen LogP contribution in [-0.4, -0.2) is 31.1 Å². The fraction of sp³-hybridized carbons (Fsp3) is 0.125. The van der Waals surface area contributed by atoms with Crippen LogP contribution in [0.25, 0.3) is 0 Å². The summed E-state index contributed by atoms with van der Waals surface area (Å²) in [4.78, 5) is 24.2. The second kappa shape index (κ2) is 7.17. The minimum atomic E-state index is -0.626. The van der Waals surface area contributed by atoms with E-state index in [1.807, 2.05) is 43.3 Å². The van der Waals surface area contributed by atoms with Crippen LogP contribution >= 0.6 is 0 Å². The Bertz CT molecular complexity index is 739. The minimum Gasteiger partial charge on any atom is -0.378 e. The molecule has 118 valence electrons. The molecule has 0 aliphatic rings. The van der Waals surface area contributed by atoms with Gasteiger partial charge in [-0.2, -0.15) is 5.10 Å². The SMILES string of the molecule is CN(C)c1ccc(/C=N\NC(=O)c2ccccc2[N+](=O)[O-])cc1. The van der Waals surface area contributed by atoms with E-state index < -0.39 is 10.8 Å². The van der Waals surface area contributed by atoms with Crippen LogP contribution in [0.4, 0.5) is 11.4 Å². The third-order valence-corrected chi connectivity index (χ3v) is 3.13. The number of carbonyl (C=O) groups is 1. The van der Waals surface area contributed by atoms with Crippen LogP contribution in [0.15, 0.2) is 53.6 Å². The maximum atomic E-state index is 12.0. The van der Waals surface area contributed by atoms with Gasteiger partial charge in [0.25, 0.3) is 11.6 Å². The number of amides is 1. The second-order valence-electron chi connectivity index (χ2n) is 4.96. The molecule has 0 saturated carbocycles. The van der Waals surface area contributed by atoms with Gasteiger partial charge in [0, 0.05) is 25.8 Å². The minimum absolute atomic E-state index is 0.0300. The maximum absolute atomic E-state index is 12.0. The monoisotopic (exact) mass is 312 g/mol. The molecule has 0 unspecified atom stereocenters. The molecular formula is C16H16N4O3. The molecule has 0 atom stereocenters. The zero-order valence-electron chi connectivity index (χ0n) is 12.8. The van der Waals surface area contributed by atoms with E-state index in [1.54, 1.807) is 6.07 Å². The molecule has 7 heteroatoms. The number of rotatable bonds is 5. The van der Waals surface area contributed by atoms with E-state index in [9.17, 15) is 14.9 Å². The highest BCUT2D eigenvalue weighted by molar-refractivity contribution is 5.98. The second-order valence-corrected chi connectivity index (χ2v) is 4.96. The van der Waals surface area contributed by atoms with Crippen LogP contribution in [0, 0.1) is 10.1 Å². The summed E-state index contributed by atoms with van der Waals surface area (Å²) < 4.78 is 0. The summed E-state index contributed by atoms with van der Waals surface area (Å²) in [6.45, 7) is 0. The van der Waals surface area contributed by atoms with Gasteiger partial charge in [0.2, 0.25) is 0 Å². The topological polar surface area (TPSA) is 87.8 Å². The van der Waals surface area contributed by atoms with Crippen molar-refractivity contribution in [3.8, 4) is 0 Å². The van der Waals surface area contributed by atoms with Gasteiger partial charge in [-0.15, -0.1) is 0 Å². The summed E-state index contributed by atoms with van der Waals surface area (Å²) in [5, 5.41) is 14.7. The molecule has 0 bridgehead atoms. The Kier molecular flexibility index (Phi) is 5.03. The largest absolute Gasteiger partial charge is 0.378 e. The molecule has 0 aliphatic heterocycles. The summed E-state index contributed by atoms with van der Waals surface area (Å²) in [7, 11) is 3.88. The molecule has 7 nitrogen and oxygen atoms in total. The quantitative estimate of drug-likeness (QED) is 0.522. The third-order valence-electron chi connectivity index (χ3n) is 3.13. The van der Waals surface area contributed by atoms with E-state index in [0.29, 0.717) is 0 Å². The number of hydrogen-bond donors (Lipinski definition) is 1. The predicted octanol–water partition coefficient (Wildman–Crippen LogP) is 2.42. The van der Waals surface area contributed by atoms with Gasteiger partial charge in [-0.05, 0) is 23.8 Å². The van der Waals surface area contributed by atoms with E-state index in [0.717, 1.165) is 11.3 Å². The number of hydrogen-bond acceptors (Lipinski definition) is 5. The van der Waals surface area contributed by atoms with Crippen LogP contribution in [0.1, 0.15) is 15.9 Å². The third kappa shape index (κ3) is 4.13. The molecule has 2 aromatic carbocycles. The number of nitro groups is 1. The first-order valence-corrected chi connectivity index (χ1v) is 6.83. The average Bonchev–Trinajstić information content (AvgIpc) is 2.55. The summed E-state index contributed by atoms with van der Waals surface area (Å²) in [6, 6.07) is 13.3. The van der Waals surface area contributed by atoms with Gasteiger partial charge < -0.3 is 4.90 Å². The zero-order chi connectivity index (χ0) is 16.8. The van der Waals surface area contributed by atoms with Gasteiger partial charge in [-0.25, -0.2) is 5.43 Å². The number of benzene rings is 2. The average molecular weight is 312 g/mol. The Morgan fingerprint density at radius 1 is 1.17 bits per heavy atom. The smallest absolute Gasteiger partial charge is 0.282 e. The van der Waals surface area contributed by atoms with Crippen molar-refractivity contribution in [3.05, 3.63) is 69.8 Å². The van der Waals surface area contributed by atoms with Crippen LogP contribution in [0.5, 0.6) is 0 Å². The van der Waals surface area contributed by atoms with Crippen LogP contribution in [0.3, 0.4) is 0 Å². The van der Waals surface area contributed by atoms with E-state index in [1.165, 1.54) is 24.4 Å². The lowest BCUT2D eigenvalue weighted by Gasteiger charge is -2.11. The van der Waals surface area contributed by atoms with Gasteiger partial charge in [0.15, 0.2) is 0 Å². The van der Waals surface area contributed by atoms with Crippen molar-refractivity contribution in [1.82, 2.24) is 5.43 Å². The van der Waals surface area contributed by atoms with Gasteiger partial charge in [0.05, 0.1) is 11.1 Å². The number of hydrazone groups is 1. The zero-order valence-corrected chi connectivity index (χ0v) is 12.8. The predicted molar refractivity (Wildman–Crippen MR) is 88.9 cm³/mol. The highest BCUT2D eigenvalue weighted by Gasteiger charge is 2.18. The molecule has 1 N–H and O–H groups in total. The van der Waals surface area contributed by atoms with Crippen LogP contribution < -0.4 is 10.3 Å². The van der Waals surface area contributed by atoms with Crippen molar-refractivity contribution >= 4 is 23.5 Å². The first-order valence-electron chi connectivity index (χ1n) is 6.83. The summed E-state index contributed by atoms with van der Waals surface area (Å²) in [5.74, 6) is -0.626. The van der Waals surface area contributed by atoms with Crippen molar-refractivity contribution in [2.75, 3.05) is 19.0 Å². The van der Waals surface area contributed by atoms with Gasteiger partial charge in [-0.3, -0.25) is 14.9 Å². The normalized spacial score (nSPS) is 10.5. The standard InChI is InChI=1S/C16H16N4O3/c1-19(2)13-9-7-12(8-10-13)11-17-18-16(21)14-5-3-4-6-15(14)20(22)23/h3-11H,1-2H3,(H,18,21)/b17-11-. The van der Waals surface area contributed by atoms with Crippen molar-refractivity contribution in [1.29, 1.82) is 0 Å². The fourth-order valence-electron chi connectivity index (χ4n) is 1.91. The molecule has 0 saturated heterocycles. The van der Waals surface area contributed by atoms with Gasteiger partial charge in [-0.1, -0.05) is 24.3 Å². The van der Waals surface area contributed by atoms with Gasteiger partial charge >= 0.3 is 0 Å². The molecule has 0 spiro atoms. The summed E-state index contributed by atoms with van der Waals surface area (Å²) >= 11 is 0. The maximum Gasteiger partial charge on any atom is 0.282 e. The molecular weight excluding hydrogens is 296 g/mol. The summed E-state index contributed by atoms with van der Waals surface area (Å²) in [5.41, 5.74) is 3.86.